The van der Waals surface area contributed by atoms with Crippen LogP contribution >= 0.6 is 0 Å². The molecule has 1 heterocycles. The number of methoxy groups -OCH3 is 1. The van der Waals surface area contributed by atoms with Crippen LogP contribution in [-0.4, -0.2) is 17.1 Å². The van der Waals surface area contributed by atoms with Crippen LogP contribution in [0.5, 0.6) is 17.4 Å². The normalized spacial score (nSPS) is 10.3. The largest absolute Gasteiger partial charge is 0.495 e. The molecule has 0 radical (unpaired) electrons. The minimum atomic E-state index is 0.302. The number of nitrogens with zero attached hydrogens (tertiary/aromatic N) is 2. The number of nitrogens with one attached hydrogen (secondary N) is 1. The van der Waals surface area contributed by atoms with E-state index in [1.165, 1.54) is 11.9 Å². The van der Waals surface area contributed by atoms with Crippen molar-refractivity contribution in [1.82, 2.24) is 9.97 Å². The zero-order valence-corrected chi connectivity index (χ0v) is 14.2. The Labute approximate surface area is 146 Å². The van der Waals surface area contributed by atoms with E-state index in [0.29, 0.717) is 28.9 Å². The lowest BCUT2D eigenvalue weighted by Gasteiger charge is -2.13. The van der Waals surface area contributed by atoms with Crippen LogP contribution in [0.2, 0.25) is 0 Å². The summed E-state index contributed by atoms with van der Waals surface area (Å²) in [6.45, 7) is 2.11. The van der Waals surface area contributed by atoms with E-state index in [4.69, 9.17) is 15.2 Å². The molecule has 0 spiro atoms. The molecule has 0 unspecified atom stereocenters. The second kappa shape index (κ2) is 7.53. The molecule has 0 bridgehead atoms. The predicted molar refractivity (Wildman–Crippen MR) is 98.6 cm³/mol. The summed E-state index contributed by atoms with van der Waals surface area (Å²) in [5.74, 6) is 2.13. The van der Waals surface area contributed by atoms with Crippen LogP contribution in [0, 0.1) is 0 Å². The maximum atomic E-state index is 6.17. The summed E-state index contributed by atoms with van der Waals surface area (Å²) in [5.41, 5.74) is 8.50. The van der Waals surface area contributed by atoms with Crippen LogP contribution in [0.4, 0.5) is 17.2 Å². The van der Waals surface area contributed by atoms with Crippen molar-refractivity contribution >= 4 is 17.2 Å². The molecule has 0 atom stereocenters. The lowest BCUT2D eigenvalue weighted by molar-refractivity contribution is 0.417. The number of aryl methyl sites for hydroxylation is 1. The number of hydrogen-bond acceptors (Lipinski definition) is 6. The molecule has 6 nitrogen and oxygen atoms in total. The minimum absolute atomic E-state index is 0.302. The second-order valence-electron chi connectivity index (χ2n) is 5.37. The molecular formula is C19H20N4O2. The van der Waals surface area contributed by atoms with Crippen molar-refractivity contribution in [3.05, 3.63) is 60.4 Å². The zero-order chi connectivity index (χ0) is 17.6. The van der Waals surface area contributed by atoms with Crippen molar-refractivity contribution in [3.63, 3.8) is 0 Å². The van der Waals surface area contributed by atoms with Crippen molar-refractivity contribution in [1.29, 1.82) is 0 Å². The number of benzene rings is 2. The Hall–Kier alpha value is -3.28. The fraction of sp³-hybridized carbons (Fsp3) is 0.158. The molecule has 0 aliphatic rings. The molecule has 3 aromatic rings. The summed E-state index contributed by atoms with van der Waals surface area (Å²) in [6.07, 6.45) is 2.38. The van der Waals surface area contributed by atoms with E-state index in [1.807, 2.05) is 48.5 Å². The highest BCUT2D eigenvalue weighted by atomic mass is 16.5. The number of aromatic nitrogens is 2. The first-order valence-corrected chi connectivity index (χ1v) is 7.98. The average molecular weight is 336 g/mol. The maximum absolute atomic E-state index is 6.17. The fourth-order valence-electron chi connectivity index (χ4n) is 2.34. The number of para-hydroxylation sites is 2. The van der Waals surface area contributed by atoms with Crippen LogP contribution in [0.1, 0.15) is 12.5 Å². The highest BCUT2D eigenvalue weighted by Crippen LogP contribution is 2.33. The van der Waals surface area contributed by atoms with Gasteiger partial charge in [-0.2, -0.15) is 4.98 Å². The van der Waals surface area contributed by atoms with E-state index in [9.17, 15) is 0 Å². The van der Waals surface area contributed by atoms with E-state index < -0.39 is 0 Å². The van der Waals surface area contributed by atoms with Crippen molar-refractivity contribution in [3.8, 4) is 17.4 Å². The topological polar surface area (TPSA) is 82.3 Å². The van der Waals surface area contributed by atoms with Crippen LogP contribution in [0.15, 0.2) is 54.9 Å². The summed E-state index contributed by atoms with van der Waals surface area (Å²) < 4.78 is 11.1. The molecule has 25 heavy (non-hydrogen) atoms. The third-order valence-corrected chi connectivity index (χ3v) is 3.75. The number of rotatable bonds is 6. The number of anilines is 3. The van der Waals surface area contributed by atoms with E-state index >= 15 is 0 Å². The van der Waals surface area contributed by atoms with Crippen LogP contribution in [0.3, 0.4) is 0 Å². The summed E-state index contributed by atoms with van der Waals surface area (Å²) in [7, 11) is 1.61. The lowest BCUT2D eigenvalue weighted by Crippen LogP contribution is -2.04. The van der Waals surface area contributed by atoms with Gasteiger partial charge in [0, 0.05) is 0 Å². The molecule has 0 aliphatic carbocycles. The van der Waals surface area contributed by atoms with Crippen molar-refractivity contribution < 1.29 is 9.47 Å². The molecule has 6 heteroatoms. The SMILES string of the molecule is CCc1ccc(Oc2ncnc(Nc3ccccc3OC)c2N)cc1. The highest BCUT2D eigenvalue weighted by molar-refractivity contribution is 5.74. The molecule has 0 aliphatic heterocycles. The second-order valence-corrected chi connectivity index (χ2v) is 5.37. The Morgan fingerprint density at radius 2 is 1.80 bits per heavy atom. The Morgan fingerprint density at radius 3 is 2.52 bits per heavy atom. The van der Waals surface area contributed by atoms with Gasteiger partial charge in [-0.3, -0.25) is 0 Å². The number of hydrogen-bond donors (Lipinski definition) is 2. The molecular weight excluding hydrogens is 316 g/mol. The summed E-state index contributed by atoms with van der Waals surface area (Å²) >= 11 is 0. The van der Waals surface area contributed by atoms with E-state index in [-0.39, 0.29) is 0 Å². The molecule has 3 N–H and O–H groups in total. The Kier molecular flexibility index (Phi) is 4.99. The standard InChI is InChI=1S/C19H20N4O2/c1-3-13-8-10-14(11-9-13)25-19-17(20)18(21-12-22-19)23-15-6-4-5-7-16(15)24-2/h4-12H,3,20H2,1-2H3,(H,21,22,23). The van der Waals surface area contributed by atoms with Crippen molar-refractivity contribution in [2.75, 3.05) is 18.2 Å². The molecule has 2 aromatic carbocycles. The van der Waals surface area contributed by atoms with Gasteiger partial charge in [0.25, 0.3) is 0 Å². The van der Waals surface area contributed by atoms with Gasteiger partial charge in [0.05, 0.1) is 12.8 Å². The summed E-state index contributed by atoms with van der Waals surface area (Å²) in [5, 5.41) is 3.16. The van der Waals surface area contributed by atoms with Gasteiger partial charge in [0.1, 0.15) is 23.5 Å². The van der Waals surface area contributed by atoms with Gasteiger partial charge in [-0.15, -0.1) is 0 Å². The van der Waals surface area contributed by atoms with Gasteiger partial charge in [0.15, 0.2) is 5.82 Å². The van der Waals surface area contributed by atoms with Gasteiger partial charge < -0.3 is 20.5 Å². The molecule has 3 rings (SSSR count). The Morgan fingerprint density at radius 1 is 1.04 bits per heavy atom. The first-order valence-electron chi connectivity index (χ1n) is 7.98. The molecule has 128 valence electrons. The van der Waals surface area contributed by atoms with E-state index in [1.54, 1.807) is 7.11 Å². The van der Waals surface area contributed by atoms with Gasteiger partial charge in [-0.05, 0) is 36.2 Å². The predicted octanol–water partition coefficient (Wildman–Crippen LogP) is 4.17. The van der Waals surface area contributed by atoms with E-state index in [2.05, 4.69) is 22.2 Å². The highest BCUT2D eigenvalue weighted by Gasteiger charge is 2.12. The molecule has 0 saturated carbocycles. The molecule has 0 fully saturated rings. The first-order chi connectivity index (χ1) is 12.2. The molecule has 0 saturated heterocycles. The Bertz CT molecular complexity index is 850. The Balaban J connectivity index is 1.84. The molecule has 0 amide bonds. The smallest absolute Gasteiger partial charge is 0.248 e. The number of nitrogen functional groups attached to an aromatic ring is 1. The van der Waals surface area contributed by atoms with E-state index in [0.717, 1.165) is 12.1 Å². The van der Waals surface area contributed by atoms with Crippen LogP contribution < -0.4 is 20.5 Å². The lowest BCUT2D eigenvalue weighted by atomic mass is 10.2. The van der Waals surface area contributed by atoms with Gasteiger partial charge >= 0.3 is 0 Å². The quantitative estimate of drug-likeness (QED) is 0.703. The number of ether oxygens (including phenoxy) is 2. The van der Waals surface area contributed by atoms with Gasteiger partial charge in [0.2, 0.25) is 5.88 Å². The minimum Gasteiger partial charge on any atom is -0.495 e. The fourth-order valence-corrected chi connectivity index (χ4v) is 2.34. The summed E-state index contributed by atoms with van der Waals surface area (Å²) in [6, 6.07) is 15.3. The maximum Gasteiger partial charge on any atom is 0.248 e. The third kappa shape index (κ3) is 3.80. The monoisotopic (exact) mass is 336 g/mol. The third-order valence-electron chi connectivity index (χ3n) is 3.75. The van der Waals surface area contributed by atoms with Crippen molar-refractivity contribution in [2.24, 2.45) is 0 Å². The summed E-state index contributed by atoms with van der Waals surface area (Å²) in [4.78, 5) is 8.33. The van der Waals surface area contributed by atoms with Gasteiger partial charge in [-0.1, -0.05) is 31.2 Å². The van der Waals surface area contributed by atoms with Crippen LogP contribution in [-0.2, 0) is 6.42 Å². The van der Waals surface area contributed by atoms with Crippen molar-refractivity contribution in [2.45, 2.75) is 13.3 Å². The average Bonchev–Trinajstić information content (AvgIpc) is 2.66. The number of nitrogens with two attached hydrogens (primary N) is 1. The van der Waals surface area contributed by atoms with Crippen LogP contribution in [0.25, 0.3) is 0 Å². The first kappa shape index (κ1) is 16.6. The zero-order valence-electron chi connectivity index (χ0n) is 14.2. The van der Waals surface area contributed by atoms with Gasteiger partial charge in [-0.25, -0.2) is 4.98 Å². The molecule has 1 aromatic heterocycles.